The molecule has 1 heterocycles. The summed E-state index contributed by atoms with van der Waals surface area (Å²) in [5.41, 5.74) is 1.14. The highest BCUT2D eigenvalue weighted by atomic mass is 16.5. The molecule has 0 bridgehead atoms. The van der Waals surface area contributed by atoms with Crippen LogP contribution in [0.2, 0.25) is 0 Å². The minimum atomic E-state index is 0.588. The number of rotatable bonds is 8. The highest BCUT2D eigenvalue weighted by Gasteiger charge is 2.06. The summed E-state index contributed by atoms with van der Waals surface area (Å²) in [6, 6.07) is 7.96. The van der Waals surface area contributed by atoms with Gasteiger partial charge in [0.05, 0.1) is 20.2 Å². The van der Waals surface area contributed by atoms with Crippen molar-refractivity contribution in [3.63, 3.8) is 0 Å². The normalized spacial score (nSPS) is 11.6. The van der Waals surface area contributed by atoms with Gasteiger partial charge in [0.15, 0.2) is 5.96 Å². The van der Waals surface area contributed by atoms with Crippen molar-refractivity contribution in [2.45, 2.75) is 40.4 Å². The minimum Gasteiger partial charge on any atom is -0.497 e. The summed E-state index contributed by atoms with van der Waals surface area (Å²) in [6.07, 6.45) is 3.87. The van der Waals surface area contributed by atoms with E-state index < -0.39 is 0 Å². The van der Waals surface area contributed by atoms with Gasteiger partial charge in [-0.25, -0.2) is 9.98 Å². The van der Waals surface area contributed by atoms with Crippen molar-refractivity contribution < 1.29 is 4.74 Å². The molecule has 1 aromatic heterocycles. The summed E-state index contributed by atoms with van der Waals surface area (Å²) in [5, 5.41) is 6.64. The fourth-order valence-electron chi connectivity index (χ4n) is 2.47. The standard InChI is InChI=1S/C19H29N5O/c1-5-20-19(22-12-16-6-8-17(25-4)9-7-16)23-13-18-21-10-11-24(18)14-15(2)3/h6-11,15H,5,12-14H2,1-4H3,(H2,20,22,23). The van der Waals surface area contributed by atoms with Crippen molar-refractivity contribution in [2.24, 2.45) is 10.9 Å². The lowest BCUT2D eigenvalue weighted by Gasteiger charge is -2.13. The Morgan fingerprint density at radius 3 is 2.64 bits per heavy atom. The van der Waals surface area contributed by atoms with Crippen LogP contribution in [-0.2, 0) is 19.6 Å². The van der Waals surface area contributed by atoms with E-state index in [4.69, 9.17) is 4.74 Å². The van der Waals surface area contributed by atoms with Gasteiger partial charge in [0.25, 0.3) is 0 Å². The fraction of sp³-hybridized carbons (Fsp3) is 0.474. The van der Waals surface area contributed by atoms with Gasteiger partial charge < -0.3 is 19.9 Å². The molecule has 0 saturated carbocycles. The van der Waals surface area contributed by atoms with Crippen LogP contribution in [-0.4, -0.2) is 29.2 Å². The maximum atomic E-state index is 5.18. The number of benzene rings is 1. The minimum absolute atomic E-state index is 0.588. The highest BCUT2D eigenvalue weighted by molar-refractivity contribution is 5.79. The molecule has 0 fully saturated rings. The Balaban J connectivity index is 1.96. The zero-order chi connectivity index (χ0) is 18.1. The molecule has 0 atom stereocenters. The lowest BCUT2D eigenvalue weighted by atomic mass is 10.2. The molecule has 1 aromatic carbocycles. The molecule has 2 rings (SSSR count). The van der Waals surface area contributed by atoms with Crippen LogP contribution < -0.4 is 15.4 Å². The van der Waals surface area contributed by atoms with E-state index in [1.807, 2.05) is 36.7 Å². The summed E-state index contributed by atoms with van der Waals surface area (Å²) in [6.45, 7) is 9.51. The number of nitrogens with one attached hydrogen (secondary N) is 2. The Hall–Kier alpha value is -2.50. The molecular weight excluding hydrogens is 314 g/mol. The van der Waals surface area contributed by atoms with Crippen molar-refractivity contribution in [1.29, 1.82) is 0 Å². The molecule has 2 aromatic rings. The van der Waals surface area contributed by atoms with E-state index >= 15 is 0 Å². The van der Waals surface area contributed by atoms with Gasteiger partial charge >= 0.3 is 0 Å². The fourth-order valence-corrected chi connectivity index (χ4v) is 2.47. The topological polar surface area (TPSA) is 63.5 Å². The molecular formula is C19H29N5O. The quantitative estimate of drug-likeness (QED) is 0.571. The molecule has 0 spiro atoms. The Bertz CT molecular complexity index is 661. The summed E-state index contributed by atoms with van der Waals surface area (Å²) in [4.78, 5) is 9.09. The zero-order valence-electron chi connectivity index (χ0n) is 15.6. The van der Waals surface area contributed by atoms with Crippen LogP contribution in [0.3, 0.4) is 0 Å². The number of aromatic nitrogens is 2. The molecule has 6 heteroatoms. The van der Waals surface area contributed by atoms with Gasteiger partial charge in [-0.15, -0.1) is 0 Å². The first kappa shape index (κ1) is 18.8. The van der Waals surface area contributed by atoms with Crippen molar-refractivity contribution >= 4 is 5.96 Å². The maximum absolute atomic E-state index is 5.18. The summed E-state index contributed by atoms with van der Waals surface area (Å²) in [5.74, 6) is 3.25. The van der Waals surface area contributed by atoms with Crippen LogP contribution in [0.25, 0.3) is 0 Å². The van der Waals surface area contributed by atoms with E-state index in [2.05, 4.69) is 45.9 Å². The first-order valence-electron chi connectivity index (χ1n) is 8.77. The monoisotopic (exact) mass is 343 g/mol. The molecule has 25 heavy (non-hydrogen) atoms. The number of ether oxygens (including phenoxy) is 1. The molecule has 0 aliphatic rings. The van der Waals surface area contributed by atoms with E-state index in [0.29, 0.717) is 19.0 Å². The third-order valence-corrected chi connectivity index (χ3v) is 3.70. The molecule has 2 N–H and O–H groups in total. The largest absolute Gasteiger partial charge is 0.497 e. The van der Waals surface area contributed by atoms with E-state index in [-0.39, 0.29) is 0 Å². The molecule has 0 amide bonds. The van der Waals surface area contributed by atoms with E-state index in [1.54, 1.807) is 7.11 Å². The Labute approximate surface area is 150 Å². The Kier molecular flexibility index (Phi) is 7.32. The van der Waals surface area contributed by atoms with Crippen LogP contribution in [0.1, 0.15) is 32.2 Å². The number of nitrogens with zero attached hydrogens (tertiary/aromatic N) is 3. The van der Waals surface area contributed by atoms with Crippen LogP contribution in [0.5, 0.6) is 5.75 Å². The Morgan fingerprint density at radius 2 is 2.00 bits per heavy atom. The molecule has 0 aliphatic carbocycles. The first-order chi connectivity index (χ1) is 12.1. The number of aliphatic imine (C=N–C) groups is 1. The third kappa shape index (κ3) is 6.14. The van der Waals surface area contributed by atoms with Gasteiger partial charge in [-0.2, -0.15) is 0 Å². The lowest BCUT2D eigenvalue weighted by Crippen LogP contribution is -2.37. The van der Waals surface area contributed by atoms with Gasteiger partial charge in [0, 0.05) is 25.5 Å². The molecule has 0 aliphatic heterocycles. The van der Waals surface area contributed by atoms with Crippen molar-refractivity contribution in [3.05, 3.63) is 48.0 Å². The number of methoxy groups -OCH3 is 1. The molecule has 0 saturated heterocycles. The second-order valence-corrected chi connectivity index (χ2v) is 6.29. The summed E-state index contributed by atoms with van der Waals surface area (Å²) < 4.78 is 7.37. The summed E-state index contributed by atoms with van der Waals surface area (Å²) in [7, 11) is 1.67. The number of hydrogen-bond acceptors (Lipinski definition) is 3. The second-order valence-electron chi connectivity index (χ2n) is 6.29. The highest BCUT2D eigenvalue weighted by Crippen LogP contribution is 2.11. The number of hydrogen-bond donors (Lipinski definition) is 2. The third-order valence-electron chi connectivity index (χ3n) is 3.70. The molecule has 0 radical (unpaired) electrons. The summed E-state index contributed by atoms with van der Waals surface area (Å²) >= 11 is 0. The lowest BCUT2D eigenvalue weighted by molar-refractivity contribution is 0.414. The first-order valence-corrected chi connectivity index (χ1v) is 8.77. The number of guanidine groups is 1. The van der Waals surface area contributed by atoms with Crippen molar-refractivity contribution in [3.8, 4) is 5.75 Å². The molecule has 6 nitrogen and oxygen atoms in total. The average molecular weight is 343 g/mol. The predicted octanol–water partition coefficient (Wildman–Crippen LogP) is 2.80. The van der Waals surface area contributed by atoms with E-state index in [1.165, 1.54) is 0 Å². The second kappa shape index (κ2) is 9.71. The van der Waals surface area contributed by atoms with Crippen LogP contribution in [0.15, 0.2) is 41.7 Å². The molecule has 136 valence electrons. The van der Waals surface area contributed by atoms with E-state index in [0.717, 1.165) is 36.2 Å². The maximum Gasteiger partial charge on any atom is 0.191 e. The van der Waals surface area contributed by atoms with Gasteiger partial charge in [0.2, 0.25) is 0 Å². The van der Waals surface area contributed by atoms with Crippen molar-refractivity contribution in [2.75, 3.05) is 13.7 Å². The SMILES string of the molecule is CCNC(=NCc1ccc(OC)cc1)NCc1nccn1CC(C)C. The number of imidazole rings is 1. The van der Waals surface area contributed by atoms with Crippen LogP contribution in [0, 0.1) is 5.92 Å². The smallest absolute Gasteiger partial charge is 0.191 e. The average Bonchev–Trinajstić information content (AvgIpc) is 3.04. The van der Waals surface area contributed by atoms with Gasteiger partial charge in [-0.05, 0) is 30.5 Å². The van der Waals surface area contributed by atoms with Gasteiger partial charge in [-0.3, -0.25) is 0 Å². The van der Waals surface area contributed by atoms with Crippen LogP contribution >= 0.6 is 0 Å². The molecule has 0 unspecified atom stereocenters. The van der Waals surface area contributed by atoms with Crippen LogP contribution in [0.4, 0.5) is 0 Å². The predicted molar refractivity (Wildman–Crippen MR) is 102 cm³/mol. The Morgan fingerprint density at radius 1 is 1.24 bits per heavy atom. The van der Waals surface area contributed by atoms with Gasteiger partial charge in [0.1, 0.15) is 11.6 Å². The van der Waals surface area contributed by atoms with E-state index in [9.17, 15) is 0 Å². The zero-order valence-corrected chi connectivity index (χ0v) is 15.6. The van der Waals surface area contributed by atoms with Crippen molar-refractivity contribution in [1.82, 2.24) is 20.2 Å². The van der Waals surface area contributed by atoms with Gasteiger partial charge in [-0.1, -0.05) is 26.0 Å².